The average Bonchev–Trinajstić information content (AvgIpc) is 2.31. The molecule has 0 aromatic carbocycles. The van der Waals surface area contributed by atoms with E-state index in [1.165, 1.54) is 18.3 Å². The molecule has 72 valence electrons. The number of thiophene rings is 1. The second-order valence-electron chi connectivity index (χ2n) is 2.53. The van der Waals surface area contributed by atoms with E-state index in [1.807, 2.05) is 0 Å². The van der Waals surface area contributed by atoms with Crippen LogP contribution in [0.1, 0.15) is 6.92 Å². The smallest absolute Gasteiger partial charge is 0.247 e. The summed E-state index contributed by atoms with van der Waals surface area (Å²) in [4.78, 5) is 10.7. The predicted molar refractivity (Wildman–Crippen MR) is 54.2 cm³/mol. The standard InChI is InChI=1S/C6H10N3O2PS/c1-4(10)9-5-2-3-13-6(5)12(7,8)11/h2-3H,1H3,(H,9,10)(H4,7,8,11). The lowest BCUT2D eigenvalue weighted by molar-refractivity contribution is -0.114. The van der Waals surface area contributed by atoms with Gasteiger partial charge in [-0.25, -0.2) is 0 Å². The van der Waals surface area contributed by atoms with Crippen LogP contribution in [0.25, 0.3) is 0 Å². The molecule has 0 spiro atoms. The third-order valence-electron chi connectivity index (χ3n) is 1.27. The monoisotopic (exact) mass is 219 g/mol. The predicted octanol–water partition coefficient (Wildman–Crippen LogP) is 0.442. The second kappa shape index (κ2) is 3.59. The fourth-order valence-corrected chi connectivity index (χ4v) is 2.78. The lowest BCUT2D eigenvalue weighted by Gasteiger charge is -2.07. The molecule has 1 amide bonds. The second-order valence-corrected chi connectivity index (χ2v) is 5.61. The van der Waals surface area contributed by atoms with E-state index < -0.39 is 7.44 Å². The van der Waals surface area contributed by atoms with Crippen molar-refractivity contribution < 1.29 is 9.36 Å². The molecule has 0 aliphatic heterocycles. The van der Waals surface area contributed by atoms with E-state index in [4.69, 9.17) is 11.0 Å². The Kier molecular flexibility index (Phi) is 2.87. The van der Waals surface area contributed by atoms with Crippen LogP contribution >= 0.6 is 18.8 Å². The number of rotatable bonds is 2. The fourth-order valence-electron chi connectivity index (χ4n) is 0.857. The number of nitrogens with one attached hydrogen (secondary N) is 1. The maximum absolute atomic E-state index is 11.3. The molecule has 1 heterocycles. The van der Waals surface area contributed by atoms with E-state index in [2.05, 4.69) is 5.32 Å². The van der Waals surface area contributed by atoms with Crippen molar-refractivity contribution in [1.29, 1.82) is 0 Å². The summed E-state index contributed by atoms with van der Waals surface area (Å²) in [6, 6.07) is 1.62. The highest BCUT2D eigenvalue weighted by atomic mass is 32.1. The molecule has 0 fully saturated rings. The van der Waals surface area contributed by atoms with Gasteiger partial charge in [-0.2, -0.15) is 0 Å². The summed E-state index contributed by atoms with van der Waals surface area (Å²) in [6.45, 7) is 1.36. The first-order valence-corrected chi connectivity index (χ1v) is 6.16. The minimum absolute atomic E-state index is 0.242. The summed E-state index contributed by atoms with van der Waals surface area (Å²) < 4.78 is 11.6. The molecule has 1 aromatic heterocycles. The SMILES string of the molecule is CC(=O)Nc1ccsc1P(N)(N)=O. The van der Waals surface area contributed by atoms with Crippen LogP contribution in [-0.4, -0.2) is 5.91 Å². The van der Waals surface area contributed by atoms with Crippen molar-refractivity contribution in [3.63, 3.8) is 0 Å². The number of carbonyl (C=O) groups excluding carboxylic acids is 1. The van der Waals surface area contributed by atoms with Crippen molar-refractivity contribution in [3.05, 3.63) is 11.4 Å². The van der Waals surface area contributed by atoms with Gasteiger partial charge in [0.25, 0.3) is 0 Å². The first-order chi connectivity index (χ1) is 5.91. The Morgan fingerprint density at radius 3 is 2.69 bits per heavy atom. The quantitative estimate of drug-likeness (QED) is 0.628. The lowest BCUT2D eigenvalue weighted by Crippen LogP contribution is -2.20. The summed E-state index contributed by atoms with van der Waals surface area (Å²) in [5.74, 6) is -0.242. The molecule has 0 aliphatic rings. The maximum Gasteiger partial charge on any atom is 0.247 e. The Balaban J connectivity index is 3.03. The molecule has 1 aromatic rings. The topological polar surface area (TPSA) is 98.2 Å². The Bertz CT molecular complexity index is 370. The first kappa shape index (κ1) is 10.4. The van der Waals surface area contributed by atoms with E-state index in [1.54, 1.807) is 11.4 Å². The molecule has 0 saturated heterocycles. The van der Waals surface area contributed by atoms with Crippen molar-refractivity contribution >= 4 is 35.0 Å². The van der Waals surface area contributed by atoms with Crippen LogP contribution in [0.15, 0.2) is 11.4 Å². The number of anilines is 1. The van der Waals surface area contributed by atoms with Gasteiger partial charge in [-0.3, -0.25) is 20.4 Å². The van der Waals surface area contributed by atoms with Crippen molar-refractivity contribution in [1.82, 2.24) is 0 Å². The van der Waals surface area contributed by atoms with Crippen LogP contribution in [0.4, 0.5) is 5.69 Å². The minimum atomic E-state index is -3.26. The van der Waals surface area contributed by atoms with Crippen molar-refractivity contribution in [2.45, 2.75) is 6.92 Å². The van der Waals surface area contributed by atoms with Gasteiger partial charge in [0.2, 0.25) is 13.4 Å². The zero-order valence-electron chi connectivity index (χ0n) is 6.98. The number of hydrogen-bond acceptors (Lipinski definition) is 3. The lowest BCUT2D eigenvalue weighted by atomic mass is 10.5. The van der Waals surface area contributed by atoms with Gasteiger partial charge in [0, 0.05) is 6.92 Å². The van der Waals surface area contributed by atoms with Crippen LogP contribution in [0.2, 0.25) is 0 Å². The van der Waals surface area contributed by atoms with Gasteiger partial charge in [-0.1, -0.05) is 0 Å². The average molecular weight is 219 g/mol. The van der Waals surface area contributed by atoms with Crippen molar-refractivity contribution in [2.24, 2.45) is 11.0 Å². The third-order valence-corrected chi connectivity index (χ3v) is 4.04. The highest BCUT2D eigenvalue weighted by Gasteiger charge is 2.19. The molecular weight excluding hydrogens is 209 g/mol. The Labute approximate surface area is 79.6 Å². The molecule has 1 rings (SSSR count). The zero-order valence-corrected chi connectivity index (χ0v) is 8.69. The first-order valence-electron chi connectivity index (χ1n) is 3.44. The van der Waals surface area contributed by atoms with E-state index in [0.29, 0.717) is 10.3 Å². The fraction of sp³-hybridized carbons (Fsp3) is 0.167. The molecule has 0 saturated carbocycles. The van der Waals surface area contributed by atoms with Crippen molar-refractivity contribution in [3.8, 4) is 0 Å². The third kappa shape index (κ3) is 2.63. The maximum atomic E-state index is 11.3. The highest BCUT2D eigenvalue weighted by Crippen LogP contribution is 2.31. The van der Waals surface area contributed by atoms with Gasteiger partial charge in [-0.15, -0.1) is 11.3 Å². The number of carbonyl (C=O) groups is 1. The van der Waals surface area contributed by atoms with Gasteiger partial charge in [-0.05, 0) is 11.4 Å². The van der Waals surface area contributed by atoms with Crippen molar-refractivity contribution in [2.75, 3.05) is 5.32 Å². The molecule has 7 heteroatoms. The Morgan fingerprint density at radius 1 is 1.62 bits per heavy atom. The number of hydrogen-bond donors (Lipinski definition) is 3. The van der Waals surface area contributed by atoms with E-state index in [9.17, 15) is 9.36 Å². The van der Waals surface area contributed by atoms with Crippen LogP contribution in [-0.2, 0) is 9.36 Å². The van der Waals surface area contributed by atoms with Crippen LogP contribution in [0, 0.1) is 0 Å². The Morgan fingerprint density at radius 2 is 2.23 bits per heavy atom. The van der Waals surface area contributed by atoms with E-state index >= 15 is 0 Å². The summed E-state index contributed by atoms with van der Waals surface area (Å²) in [6.07, 6.45) is 0. The summed E-state index contributed by atoms with van der Waals surface area (Å²) >= 11 is 1.17. The normalized spacial score (nSPS) is 11.3. The molecule has 5 N–H and O–H groups in total. The van der Waals surface area contributed by atoms with Crippen LogP contribution in [0.5, 0.6) is 0 Å². The Hall–Kier alpha value is -0.680. The van der Waals surface area contributed by atoms with Gasteiger partial charge >= 0.3 is 0 Å². The molecule has 13 heavy (non-hydrogen) atoms. The number of amides is 1. The molecular formula is C6H10N3O2PS. The minimum Gasteiger partial charge on any atom is -0.325 e. The molecule has 0 radical (unpaired) electrons. The highest BCUT2D eigenvalue weighted by molar-refractivity contribution is 7.73. The molecule has 5 nitrogen and oxygen atoms in total. The summed E-state index contributed by atoms with van der Waals surface area (Å²) in [5, 5.41) is 4.17. The van der Waals surface area contributed by atoms with E-state index in [0.717, 1.165) is 0 Å². The van der Waals surface area contributed by atoms with Crippen LogP contribution < -0.4 is 20.9 Å². The van der Waals surface area contributed by atoms with E-state index in [-0.39, 0.29) is 5.91 Å². The van der Waals surface area contributed by atoms with Gasteiger partial charge in [0.05, 0.1) is 5.69 Å². The largest absolute Gasteiger partial charge is 0.325 e. The zero-order chi connectivity index (χ0) is 10.1. The van der Waals surface area contributed by atoms with Gasteiger partial charge < -0.3 is 5.32 Å². The van der Waals surface area contributed by atoms with Gasteiger partial charge in [0.1, 0.15) is 4.62 Å². The molecule has 0 atom stereocenters. The molecule has 0 aliphatic carbocycles. The summed E-state index contributed by atoms with van der Waals surface area (Å²) in [7, 11) is -3.26. The molecule has 0 bridgehead atoms. The van der Waals surface area contributed by atoms with Gasteiger partial charge in [0.15, 0.2) is 0 Å². The number of nitrogens with two attached hydrogens (primary N) is 2. The summed E-state index contributed by atoms with van der Waals surface area (Å²) in [5.41, 5.74) is 11.0. The molecule has 0 unspecified atom stereocenters. The van der Waals surface area contributed by atoms with Crippen LogP contribution in [0.3, 0.4) is 0 Å².